The van der Waals surface area contributed by atoms with Gasteiger partial charge in [0, 0.05) is 19.6 Å². The number of unbranched alkanes of at least 4 members (excludes halogenated alkanes) is 3. The molecule has 2 unspecified atom stereocenters. The van der Waals surface area contributed by atoms with Crippen molar-refractivity contribution in [3.63, 3.8) is 0 Å². The number of carbonyl (C=O) groups is 2. The molecule has 0 aromatic carbocycles. The SMILES string of the molecule is CCCOCC(O)CCN1C(=O)CSC1CCCCCCC(=O)O. The van der Waals surface area contributed by atoms with Crippen LogP contribution in [0.3, 0.4) is 0 Å². The molecule has 7 heteroatoms. The molecule has 1 heterocycles. The van der Waals surface area contributed by atoms with Gasteiger partial charge in [-0.25, -0.2) is 0 Å². The number of carboxylic acid groups (broad SMARTS) is 1. The molecule has 6 nitrogen and oxygen atoms in total. The van der Waals surface area contributed by atoms with Crippen molar-refractivity contribution < 1.29 is 24.5 Å². The normalized spacial score (nSPS) is 19.0. The molecule has 1 saturated heterocycles. The predicted octanol–water partition coefficient (Wildman–Crippen LogP) is 2.49. The van der Waals surface area contributed by atoms with Crippen LogP contribution in [0.25, 0.3) is 0 Å². The lowest BCUT2D eigenvalue weighted by Crippen LogP contribution is -2.35. The average Bonchev–Trinajstić information content (AvgIpc) is 2.89. The Kier molecular flexibility index (Phi) is 11.1. The van der Waals surface area contributed by atoms with Crippen LogP contribution in [0.4, 0.5) is 0 Å². The van der Waals surface area contributed by atoms with Crippen LogP contribution in [0.5, 0.6) is 0 Å². The Hall–Kier alpha value is -0.790. The minimum Gasteiger partial charge on any atom is -0.481 e. The van der Waals surface area contributed by atoms with E-state index < -0.39 is 12.1 Å². The van der Waals surface area contributed by atoms with Gasteiger partial charge in [-0.2, -0.15) is 0 Å². The molecular weight excluding hydrogens is 330 g/mol. The summed E-state index contributed by atoms with van der Waals surface area (Å²) in [4.78, 5) is 24.3. The van der Waals surface area contributed by atoms with Crippen LogP contribution in [0.2, 0.25) is 0 Å². The maximum absolute atomic E-state index is 12.0. The highest BCUT2D eigenvalue weighted by Crippen LogP contribution is 2.29. The number of aliphatic hydroxyl groups is 1. The van der Waals surface area contributed by atoms with Crippen molar-refractivity contribution in [2.75, 3.05) is 25.5 Å². The molecule has 1 amide bonds. The lowest BCUT2D eigenvalue weighted by molar-refractivity contribution is -0.137. The highest BCUT2D eigenvalue weighted by atomic mass is 32.2. The van der Waals surface area contributed by atoms with Gasteiger partial charge in [0.2, 0.25) is 5.91 Å². The second kappa shape index (κ2) is 12.6. The molecule has 0 bridgehead atoms. The molecule has 1 aliphatic heterocycles. The van der Waals surface area contributed by atoms with Gasteiger partial charge in [0.1, 0.15) is 0 Å². The number of amides is 1. The molecule has 1 rings (SSSR count). The monoisotopic (exact) mass is 361 g/mol. The number of nitrogens with zero attached hydrogens (tertiary/aromatic N) is 1. The molecule has 2 N–H and O–H groups in total. The van der Waals surface area contributed by atoms with Gasteiger partial charge < -0.3 is 19.8 Å². The van der Waals surface area contributed by atoms with Crippen molar-refractivity contribution in [3.05, 3.63) is 0 Å². The Morgan fingerprint density at radius 1 is 1.38 bits per heavy atom. The van der Waals surface area contributed by atoms with Crippen molar-refractivity contribution in [1.82, 2.24) is 4.90 Å². The predicted molar refractivity (Wildman–Crippen MR) is 95.0 cm³/mol. The van der Waals surface area contributed by atoms with Crippen LogP contribution < -0.4 is 0 Å². The number of carboxylic acids is 1. The van der Waals surface area contributed by atoms with Gasteiger partial charge in [-0.05, 0) is 25.7 Å². The summed E-state index contributed by atoms with van der Waals surface area (Å²) in [5.41, 5.74) is 0. The zero-order valence-electron chi connectivity index (χ0n) is 14.6. The molecule has 24 heavy (non-hydrogen) atoms. The number of aliphatic hydroxyl groups excluding tert-OH is 1. The highest BCUT2D eigenvalue weighted by molar-refractivity contribution is 8.00. The summed E-state index contributed by atoms with van der Waals surface area (Å²) >= 11 is 1.67. The standard InChI is InChI=1S/C17H31NO5S/c1-2-11-23-12-14(19)9-10-18-15(20)13-24-16(18)7-5-3-4-6-8-17(21)22/h14,16,19H,2-13H2,1H3,(H,21,22). The van der Waals surface area contributed by atoms with Gasteiger partial charge in [-0.1, -0.05) is 26.2 Å². The zero-order valence-corrected chi connectivity index (χ0v) is 15.4. The van der Waals surface area contributed by atoms with Crippen molar-refractivity contribution in [2.45, 2.75) is 69.8 Å². The summed E-state index contributed by atoms with van der Waals surface area (Å²) in [6.45, 7) is 3.59. The number of rotatable bonds is 14. The number of aliphatic carboxylic acids is 1. The van der Waals surface area contributed by atoms with E-state index in [0.717, 1.165) is 38.5 Å². The van der Waals surface area contributed by atoms with Gasteiger partial charge in [0.25, 0.3) is 0 Å². The molecular formula is C17H31NO5S. The van der Waals surface area contributed by atoms with Gasteiger partial charge in [0.05, 0.1) is 23.8 Å². The first-order chi connectivity index (χ1) is 11.5. The van der Waals surface area contributed by atoms with Crippen molar-refractivity contribution >= 4 is 23.6 Å². The van der Waals surface area contributed by atoms with Crippen LogP contribution in [-0.4, -0.2) is 64.0 Å². The Bertz CT molecular complexity index is 380. The number of hydrogen-bond donors (Lipinski definition) is 2. The Morgan fingerprint density at radius 3 is 2.83 bits per heavy atom. The minimum absolute atomic E-state index is 0.151. The first kappa shape index (κ1) is 21.3. The quantitative estimate of drug-likeness (QED) is 0.462. The Balaban J connectivity index is 2.19. The smallest absolute Gasteiger partial charge is 0.303 e. The second-order valence-corrected chi connectivity index (χ2v) is 7.38. The molecule has 2 atom stereocenters. The summed E-state index contributed by atoms with van der Waals surface area (Å²) < 4.78 is 5.33. The number of carbonyl (C=O) groups excluding carboxylic acids is 1. The highest BCUT2D eigenvalue weighted by Gasteiger charge is 2.31. The van der Waals surface area contributed by atoms with Gasteiger partial charge in [0.15, 0.2) is 0 Å². The lowest BCUT2D eigenvalue weighted by Gasteiger charge is -2.25. The number of hydrogen-bond acceptors (Lipinski definition) is 5. The molecule has 0 aromatic rings. The van der Waals surface area contributed by atoms with E-state index in [1.165, 1.54) is 0 Å². The molecule has 0 aliphatic carbocycles. The van der Waals surface area contributed by atoms with Crippen LogP contribution >= 0.6 is 11.8 Å². The van der Waals surface area contributed by atoms with Crippen LogP contribution in [-0.2, 0) is 14.3 Å². The van der Waals surface area contributed by atoms with Gasteiger partial charge in [-0.15, -0.1) is 11.8 Å². The third-order valence-electron chi connectivity index (χ3n) is 4.02. The number of ether oxygens (including phenoxy) is 1. The molecule has 0 aromatic heterocycles. The Labute approximate surface area is 148 Å². The number of thioether (sulfide) groups is 1. The molecule has 1 fully saturated rings. The maximum atomic E-state index is 12.0. The fourth-order valence-electron chi connectivity index (χ4n) is 2.69. The van der Waals surface area contributed by atoms with E-state index in [1.807, 2.05) is 11.8 Å². The van der Waals surface area contributed by atoms with E-state index in [1.54, 1.807) is 11.8 Å². The van der Waals surface area contributed by atoms with E-state index in [2.05, 4.69) is 0 Å². The van der Waals surface area contributed by atoms with E-state index in [0.29, 0.717) is 31.9 Å². The first-order valence-electron chi connectivity index (χ1n) is 8.93. The lowest BCUT2D eigenvalue weighted by atomic mass is 10.1. The van der Waals surface area contributed by atoms with Crippen LogP contribution in [0.1, 0.15) is 58.3 Å². The fourth-order valence-corrected chi connectivity index (χ4v) is 3.93. The molecule has 0 saturated carbocycles. The largest absolute Gasteiger partial charge is 0.481 e. The maximum Gasteiger partial charge on any atom is 0.303 e. The van der Waals surface area contributed by atoms with Crippen molar-refractivity contribution in [1.29, 1.82) is 0 Å². The van der Waals surface area contributed by atoms with Crippen molar-refractivity contribution in [2.24, 2.45) is 0 Å². The van der Waals surface area contributed by atoms with Crippen LogP contribution in [0, 0.1) is 0 Å². The third kappa shape index (κ3) is 8.89. The van der Waals surface area contributed by atoms with Gasteiger partial charge >= 0.3 is 5.97 Å². The summed E-state index contributed by atoms with van der Waals surface area (Å²) in [5.74, 6) is -0.0660. The molecule has 0 spiro atoms. The average molecular weight is 362 g/mol. The second-order valence-electron chi connectivity index (χ2n) is 6.22. The van der Waals surface area contributed by atoms with E-state index in [-0.39, 0.29) is 17.7 Å². The van der Waals surface area contributed by atoms with Crippen molar-refractivity contribution in [3.8, 4) is 0 Å². The first-order valence-corrected chi connectivity index (χ1v) is 9.98. The van der Waals surface area contributed by atoms with Crippen LogP contribution in [0.15, 0.2) is 0 Å². The summed E-state index contributed by atoms with van der Waals surface area (Å²) in [5, 5.41) is 18.7. The summed E-state index contributed by atoms with van der Waals surface area (Å²) in [6.07, 6.45) is 5.78. The fraction of sp³-hybridized carbons (Fsp3) is 0.882. The zero-order chi connectivity index (χ0) is 17.8. The Morgan fingerprint density at radius 2 is 2.12 bits per heavy atom. The topological polar surface area (TPSA) is 87.1 Å². The summed E-state index contributed by atoms with van der Waals surface area (Å²) in [7, 11) is 0. The third-order valence-corrected chi connectivity index (χ3v) is 5.31. The van der Waals surface area contributed by atoms with E-state index >= 15 is 0 Å². The van der Waals surface area contributed by atoms with Gasteiger partial charge in [-0.3, -0.25) is 9.59 Å². The van der Waals surface area contributed by atoms with E-state index in [4.69, 9.17) is 9.84 Å². The molecule has 1 aliphatic rings. The summed E-state index contributed by atoms with van der Waals surface area (Å²) in [6, 6.07) is 0. The van der Waals surface area contributed by atoms with E-state index in [9.17, 15) is 14.7 Å². The molecule has 0 radical (unpaired) electrons. The minimum atomic E-state index is -0.736. The molecule has 140 valence electrons.